The van der Waals surface area contributed by atoms with Crippen LogP contribution < -0.4 is 9.62 Å². The van der Waals surface area contributed by atoms with E-state index in [4.69, 9.17) is 0 Å². The van der Waals surface area contributed by atoms with Gasteiger partial charge in [0.1, 0.15) is 12.6 Å². The lowest BCUT2D eigenvalue weighted by molar-refractivity contribution is -0.139. The summed E-state index contributed by atoms with van der Waals surface area (Å²) in [4.78, 5) is 27.4. The molecule has 0 heterocycles. The Kier molecular flexibility index (Phi) is 8.94. The Labute approximate surface area is 204 Å². The molecule has 0 saturated carbocycles. The molecule has 2 amide bonds. The van der Waals surface area contributed by atoms with E-state index in [1.807, 2.05) is 19.1 Å². The average Bonchev–Trinajstić information content (AvgIpc) is 2.74. The Balaban J connectivity index is 2.46. The van der Waals surface area contributed by atoms with E-state index in [0.29, 0.717) is 10.4 Å². The fourth-order valence-corrected chi connectivity index (χ4v) is 4.25. The van der Waals surface area contributed by atoms with Crippen molar-refractivity contribution in [1.82, 2.24) is 10.2 Å². The SMILES string of the molecule is Cc1ccccc1CN(C(=O)CN(c1cccc(C(F)(F)F)c1)S(C)(=O)=O)[C@@H](C)C(=O)NC(C)C. The topological polar surface area (TPSA) is 86.8 Å². The molecule has 1 atom stereocenters. The summed E-state index contributed by atoms with van der Waals surface area (Å²) < 4.78 is 65.3. The van der Waals surface area contributed by atoms with E-state index in [1.54, 1.807) is 26.0 Å². The van der Waals surface area contributed by atoms with Crippen LogP contribution in [0.2, 0.25) is 0 Å². The number of aryl methyl sites for hydroxylation is 1. The maximum atomic E-state index is 13.4. The van der Waals surface area contributed by atoms with Gasteiger partial charge in [0.2, 0.25) is 21.8 Å². The van der Waals surface area contributed by atoms with Crippen molar-refractivity contribution >= 4 is 27.5 Å². The van der Waals surface area contributed by atoms with Gasteiger partial charge in [0.05, 0.1) is 17.5 Å². The molecule has 0 saturated heterocycles. The third-order valence-electron chi connectivity index (χ3n) is 5.34. The normalized spacial score (nSPS) is 12.8. The summed E-state index contributed by atoms with van der Waals surface area (Å²) in [7, 11) is -4.14. The molecule has 0 unspecified atom stereocenters. The zero-order valence-corrected chi connectivity index (χ0v) is 21.1. The molecule has 2 aromatic carbocycles. The lowest BCUT2D eigenvalue weighted by Gasteiger charge is -2.32. The van der Waals surface area contributed by atoms with Crippen LogP contribution in [0.3, 0.4) is 0 Å². The smallest absolute Gasteiger partial charge is 0.352 e. The average molecular weight is 514 g/mol. The van der Waals surface area contributed by atoms with Gasteiger partial charge in [-0.1, -0.05) is 30.3 Å². The van der Waals surface area contributed by atoms with Gasteiger partial charge in [0.15, 0.2) is 0 Å². The molecule has 192 valence electrons. The van der Waals surface area contributed by atoms with Crippen LogP contribution in [0.15, 0.2) is 48.5 Å². The minimum absolute atomic E-state index is 0.0123. The zero-order chi connectivity index (χ0) is 26.6. The lowest BCUT2D eigenvalue weighted by atomic mass is 10.1. The first kappa shape index (κ1) is 28.2. The Bertz CT molecular complexity index is 1170. The van der Waals surface area contributed by atoms with E-state index in [2.05, 4.69) is 5.32 Å². The van der Waals surface area contributed by atoms with Gasteiger partial charge in [-0.15, -0.1) is 0 Å². The number of rotatable bonds is 9. The van der Waals surface area contributed by atoms with E-state index in [9.17, 15) is 31.2 Å². The first-order valence-corrected chi connectivity index (χ1v) is 12.8. The van der Waals surface area contributed by atoms with Gasteiger partial charge in [0.25, 0.3) is 0 Å². The molecule has 2 aromatic rings. The van der Waals surface area contributed by atoms with Gasteiger partial charge in [-0.25, -0.2) is 8.42 Å². The highest BCUT2D eigenvalue weighted by atomic mass is 32.2. The number of amides is 2. The second-order valence-corrected chi connectivity index (χ2v) is 10.5. The molecule has 35 heavy (non-hydrogen) atoms. The monoisotopic (exact) mass is 513 g/mol. The van der Waals surface area contributed by atoms with Crippen LogP contribution in [0.1, 0.15) is 37.5 Å². The standard InChI is InChI=1S/C24H30F3N3O4S/c1-16(2)28-23(32)18(4)29(14-19-10-7-6-9-17(19)3)22(31)15-30(35(5,33)34)21-12-8-11-20(13-21)24(25,26)27/h6-13,16,18H,14-15H2,1-5H3,(H,28,32)/t18-/m0/s1. The number of sulfonamides is 1. The molecular weight excluding hydrogens is 483 g/mol. The van der Waals surface area contributed by atoms with Crippen LogP contribution in [-0.2, 0) is 32.3 Å². The van der Waals surface area contributed by atoms with Gasteiger partial charge >= 0.3 is 6.18 Å². The zero-order valence-electron chi connectivity index (χ0n) is 20.3. The van der Waals surface area contributed by atoms with E-state index in [0.717, 1.165) is 29.5 Å². The number of carbonyl (C=O) groups is 2. The maximum absolute atomic E-state index is 13.4. The highest BCUT2D eigenvalue weighted by Crippen LogP contribution is 2.32. The minimum atomic E-state index is -4.69. The number of benzene rings is 2. The highest BCUT2D eigenvalue weighted by Gasteiger charge is 2.33. The van der Waals surface area contributed by atoms with E-state index < -0.39 is 46.2 Å². The van der Waals surface area contributed by atoms with E-state index >= 15 is 0 Å². The van der Waals surface area contributed by atoms with Crippen LogP contribution in [-0.4, -0.2) is 50.0 Å². The number of hydrogen-bond donors (Lipinski definition) is 1. The van der Waals surface area contributed by atoms with Crippen molar-refractivity contribution in [3.63, 3.8) is 0 Å². The molecule has 0 aliphatic rings. The first-order chi connectivity index (χ1) is 16.1. The third-order valence-corrected chi connectivity index (χ3v) is 6.48. The number of hydrogen-bond acceptors (Lipinski definition) is 4. The molecule has 1 N–H and O–H groups in total. The molecule has 0 aliphatic heterocycles. The molecule has 0 aliphatic carbocycles. The van der Waals surface area contributed by atoms with E-state index in [-0.39, 0.29) is 18.3 Å². The predicted octanol–water partition coefficient (Wildman–Crippen LogP) is 3.72. The number of alkyl halides is 3. The Morgan fingerprint density at radius 1 is 1.03 bits per heavy atom. The molecule has 7 nitrogen and oxygen atoms in total. The number of anilines is 1. The van der Waals surface area contributed by atoms with Crippen molar-refractivity contribution in [2.75, 3.05) is 17.1 Å². The fraction of sp³-hybridized carbons (Fsp3) is 0.417. The largest absolute Gasteiger partial charge is 0.416 e. The summed E-state index contributed by atoms with van der Waals surface area (Å²) in [6.07, 6.45) is -3.88. The van der Waals surface area contributed by atoms with E-state index in [1.165, 1.54) is 17.9 Å². The van der Waals surface area contributed by atoms with Crippen LogP contribution in [0.5, 0.6) is 0 Å². The molecular formula is C24H30F3N3O4S. The summed E-state index contributed by atoms with van der Waals surface area (Å²) in [6.45, 7) is 6.11. The molecule has 0 spiro atoms. The van der Waals surface area contributed by atoms with Crippen LogP contribution in [0, 0.1) is 6.92 Å². The number of halogens is 3. The fourth-order valence-electron chi connectivity index (χ4n) is 3.41. The van der Waals surface area contributed by atoms with Crippen LogP contribution in [0.25, 0.3) is 0 Å². The molecule has 0 fully saturated rings. The van der Waals surface area contributed by atoms with Gasteiger partial charge in [-0.05, 0) is 57.0 Å². The van der Waals surface area contributed by atoms with Crippen molar-refractivity contribution < 1.29 is 31.2 Å². The van der Waals surface area contributed by atoms with Gasteiger partial charge < -0.3 is 10.2 Å². The lowest BCUT2D eigenvalue weighted by Crippen LogP contribution is -2.52. The number of nitrogens with one attached hydrogen (secondary N) is 1. The first-order valence-electron chi connectivity index (χ1n) is 10.9. The van der Waals surface area contributed by atoms with Gasteiger partial charge in [0, 0.05) is 12.6 Å². The van der Waals surface area contributed by atoms with Crippen molar-refractivity contribution in [2.24, 2.45) is 0 Å². The quantitative estimate of drug-likeness (QED) is 0.554. The predicted molar refractivity (Wildman–Crippen MR) is 128 cm³/mol. The summed E-state index contributed by atoms with van der Waals surface area (Å²) in [5.74, 6) is -1.17. The molecule has 0 radical (unpaired) electrons. The van der Waals surface area contributed by atoms with Gasteiger partial charge in [-0.2, -0.15) is 13.2 Å². The number of carbonyl (C=O) groups excluding carboxylic acids is 2. The van der Waals surface area contributed by atoms with Crippen LogP contribution >= 0.6 is 0 Å². The number of nitrogens with zero attached hydrogens (tertiary/aromatic N) is 2. The summed E-state index contributed by atoms with van der Waals surface area (Å²) in [6, 6.07) is 9.80. The summed E-state index contributed by atoms with van der Waals surface area (Å²) in [5.41, 5.74) is 0.262. The Morgan fingerprint density at radius 2 is 1.66 bits per heavy atom. The third kappa shape index (κ3) is 7.71. The van der Waals surface area contributed by atoms with Crippen LogP contribution in [0.4, 0.5) is 18.9 Å². The second-order valence-electron chi connectivity index (χ2n) is 8.61. The van der Waals surface area contributed by atoms with Crippen molar-refractivity contribution in [2.45, 2.75) is 52.5 Å². The minimum Gasteiger partial charge on any atom is -0.352 e. The maximum Gasteiger partial charge on any atom is 0.416 e. The van der Waals surface area contributed by atoms with Crippen molar-refractivity contribution in [3.05, 3.63) is 65.2 Å². The Hall–Kier alpha value is -3.08. The second kappa shape index (κ2) is 11.1. The highest BCUT2D eigenvalue weighted by molar-refractivity contribution is 7.92. The van der Waals surface area contributed by atoms with Crippen molar-refractivity contribution in [3.8, 4) is 0 Å². The Morgan fingerprint density at radius 3 is 2.20 bits per heavy atom. The summed E-state index contributed by atoms with van der Waals surface area (Å²) >= 11 is 0. The molecule has 2 rings (SSSR count). The van der Waals surface area contributed by atoms with Gasteiger partial charge in [-0.3, -0.25) is 13.9 Å². The summed E-state index contributed by atoms with van der Waals surface area (Å²) in [5, 5.41) is 2.73. The van der Waals surface area contributed by atoms with Crippen molar-refractivity contribution in [1.29, 1.82) is 0 Å². The molecule has 11 heteroatoms. The molecule has 0 aromatic heterocycles. The molecule has 0 bridgehead atoms.